The molecule has 94 valence electrons. The molecule has 3 rings (SSSR count). The van der Waals surface area contributed by atoms with Gasteiger partial charge in [-0.3, -0.25) is 0 Å². The minimum absolute atomic E-state index is 0.329. The standard InChI is InChI=1S/C13H17BN2O2/c1-12(2)13(3,4)18-14(17-12)10-6-5-9-7-8-15-11(9)16-10/h5-8H,1-4H3,(H,15,16). The molecule has 18 heavy (non-hydrogen) atoms. The Balaban J connectivity index is 1.96. The number of H-pyrrole nitrogens is 1. The van der Waals surface area contributed by atoms with Gasteiger partial charge in [0.05, 0.1) is 16.8 Å². The van der Waals surface area contributed by atoms with Crippen molar-refractivity contribution in [2.75, 3.05) is 0 Å². The number of hydrogen-bond acceptors (Lipinski definition) is 3. The lowest BCUT2D eigenvalue weighted by Crippen LogP contribution is -2.41. The van der Waals surface area contributed by atoms with Crippen molar-refractivity contribution < 1.29 is 9.31 Å². The fraction of sp³-hybridized carbons (Fsp3) is 0.462. The second-order valence-corrected chi connectivity index (χ2v) is 5.74. The monoisotopic (exact) mass is 244 g/mol. The summed E-state index contributed by atoms with van der Waals surface area (Å²) in [6.45, 7) is 8.17. The first-order valence-electron chi connectivity index (χ1n) is 6.19. The van der Waals surface area contributed by atoms with Crippen LogP contribution >= 0.6 is 0 Å². The molecule has 1 N–H and O–H groups in total. The van der Waals surface area contributed by atoms with E-state index in [0.717, 1.165) is 16.6 Å². The Morgan fingerprint density at radius 2 is 1.72 bits per heavy atom. The van der Waals surface area contributed by atoms with Crippen LogP contribution in [0.4, 0.5) is 0 Å². The summed E-state index contributed by atoms with van der Waals surface area (Å²) in [7, 11) is -0.400. The molecule has 0 bridgehead atoms. The number of aromatic nitrogens is 2. The minimum Gasteiger partial charge on any atom is -0.398 e. The highest BCUT2D eigenvalue weighted by molar-refractivity contribution is 6.61. The topological polar surface area (TPSA) is 47.1 Å². The lowest BCUT2D eigenvalue weighted by molar-refractivity contribution is 0.00578. The molecule has 0 aromatic carbocycles. The van der Waals surface area contributed by atoms with Crippen LogP contribution in [0.1, 0.15) is 27.7 Å². The molecule has 4 nitrogen and oxygen atoms in total. The fourth-order valence-corrected chi connectivity index (χ4v) is 2.04. The van der Waals surface area contributed by atoms with E-state index in [4.69, 9.17) is 9.31 Å². The van der Waals surface area contributed by atoms with Gasteiger partial charge in [-0.1, -0.05) is 6.07 Å². The lowest BCUT2D eigenvalue weighted by Gasteiger charge is -2.32. The maximum absolute atomic E-state index is 5.98. The summed E-state index contributed by atoms with van der Waals surface area (Å²) in [5.41, 5.74) is 1.01. The van der Waals surface area contributed by atoms with Gasteiger partial charge in [0.25, 0.3) is 0 Å². The molecular formula is C13H17BN2O2. The van der Waals surface area contributed by atoms with Crippen LogP contribution < -0.4 is 5.59 Å². The highest BCUT2D eigenvalue weighted by atomic mass is 16.7. The molecule has 0 radical (unpaired) electrons. The molecule has 1 saturated heterocycles. The quantitative estimate of drug-likeness (QED) is 0.779. The van der Waals surface area contributed by atoms with Gasteiger partial charge in [-0.15, -0.1) is 0 Å². The Bertz CT molecular complexity index is 575. The van der Waals surface area contributed by atoms with Gasteiger partial charge in [-0.05, 0) is 39.8 Å². The van der Waals surface area contributed by atoms with Crippen LogP contribution in [0, 0.1) is 0 Å². The average Bonchev–Trinajstić information content (AvgIpc) is 2.80. The van der Waals surface area contributed by atoms with Gasteiger partial charge >= 0.3 is 7.12 Å². The summed E-state index contributed by atoms with van der Waals surface area (Å²) in [5, 5.41) is 1.09. The van der Waals surface area contributed by atoms with E-state index in [-0.39, 0.29) is 11.2 Å². The Labute approximate surface area is 107 Å². The number of nitrogens with one attached hydrogen (secondary N) is 1. The average molecular weight is 244 g/mol. The van der Waals surface area contributed by atoms with Crippen LogP contribution in [0.25, 0.3) is 11.0 Å². The molecule has 1 aliphatic rings. The van der Waals surface area contributed by atoms with E-state index in [1.54, 1.807) is 0 Å². The van der Waals surface area contributed by atoms with Crippen LogP contribution in [0.15, 0.2) is 24.4 Å². The zero-order valence-electron chi connectivity index (χ0n) is 11.2. The van der Waals surface area contributed by atoms with Crippen molar-refractivity contribution in [3.8, 4) is 0 Å². The Hall–Kier alpha value is -1.33. The number of hydrogen-bond donors (Lipinski definition) is 1. The molecule has 0 atom stereocenters. The van der Waals surface area contributed by atoms with Gasteiger partial charge in [0.1, 0.15) is 5.65 Å². The van der Waals surface area contributed by atoms with Gasteiger partial charge in [-0.25, -0.2) is 4.98 Å². The zero-order chi connectivity index (χ0) is 13.0. The molecule has 2 aromatic rings. The third kappa shape index (κ3) is 1.66. The van der Waals surface area contributed by atoms with Crippen molar-refractivity contribution in [1.82, 2.24) is 9.97 Å². The van der Waals surface area contributed by atoms with Crippen molar-refractivity contribution in [2.45, 2.75) is 38.9 Å². The van der Waals surface area contributed by atoms with Crippen LogP contribution in [0.2, 0.25) is 0 Å². The molecule has 0 aliphatic carbocycles. The van der Waals surface area contributed by atoms with Crippen molar-refractivity contribution in [2.24, 2.45) is 0 Å². The molecule has 0 amide bonds. The summed E-state index contributed by atoms with van der Waals surface area (Å²) in [6.07, 6.45) is 1.88. The summed E-state index contributed by atoms with van der Waals surface area (Å²) >= 11 is 0. The van der Waals surface area contributed by atoms with E-state index in [1.165, 1.54) is 0 Å². The maximum atomic E-state index is 5.98. The van der Waals surface area contributed by atoms with Crippen molar-refractivity contribution >= 4 is 23.7 Å². The SMILES string of the molecule is CC1(C)OB(c2ccc3cc[nH]c3n2)OC1(C)C. The van der Waals surface area contributed by atoms with E-state index >= 15 is 0 Å². The van der Waals surface area contributed by atoms with E-state index in [9.17, 15) is 0 Å². The van der Waals surface area contributed by atoms with Crippen molar-refractivity contribution in [3.63, 3.8) is 0 Å². The first-order chi connectivity index (χ1) is 8.39. The van der Waals surface area contributed by atoms with E-state index in [0.29, 0.717) is 0 Å². The minimum atomic E-state index is -0.400. The largest absolute Gasteiger partial charge is 0.514 e. The highest BCUT2D eigenvalue weighted by Gasteiger charge is 2.52. The van der Waals surface area contributed by atoms with Gasteiger partial charge in [0.15, 0.2) is 0 Å². The summed E-state index contributed by atoms with van der Waals surface area (Å²) in [6, 6.07) is 5.98. The zero-order valence-corrected chi connectivity index (χ0v) is 11.2. The molecule has 2 aromatic heterocycles. The smallest absolute Gasteiger partial charge is 0.398 e. The normalized spacial score (nSPS) is 21.7. The molecule has 1 fully saturated rings. The van der Waals surface area contributed by atoms with Gasteiger partial charge in [-0.2, -0.15) is 0 Å². The molecular weight excluding hydrogens is 227 g/mol. The second-order valence-electron chi connectivity index (χ2n) is 5.74. The fourth-order valence-electron chi connectivity index (χ4n) is 2.04. The predicted molar refractivity (Wildman–Crippen MR) is 71.8 cm³/mol. The predicted octanol–water partition coefficient (Wildman–Crippen LogP) is 1.86. The molecule has 1 aliphatic heterocycles. The first-order valence-corrected chi connectivity index (χ1v) is 6.19. The maximum Gasteiger partial charge on any atom is 0.514 e. The van der Waals surface area contributed by atoms with Crippen LogP contribution in [0.3, 0.4) is 0 Å². The van der Waals surface area contributed by atoms with Crippen molar-refractivity contribution in [1.29, 1.82) is 0 Å². The summed E-state index contributed by atoms with van der Waals surface area (Å²) in [4.78, 5) is 7.65. The molecule has 3 heterocycles. The van der Waals surface area contributed by atoms with Gasteiger partial charge < -0.3 is 14.3 Å². The van der Waals surface area contributed by atoms with Crippen LogP contribution in [0.5, 0.6) is 0 Å². The molecule has 0 unspecified atom stereocenters. The van der Waals surface area contributed by atoms with Crippen molar-refractivity contribution in [3.05, 3.63) is 24.4 Å². The number of nitrogens with zero attached hydrogens (tertiary/aromatic N) is 1. The number of pyridine rings is 1. The Kier molecular flexibility index (Phi) is 2.34. The number of fused-ring (bicyclic) bond motifs is 1. The number of rotatable bonds is 1. The first kappa shape index (κ1) is 11.7. The van der Waals surface area contributed by atoms with Crippen LogP contribution in [-0.4, -0.2) is 28.3 Å². The molecule has 5 heteroatoms. The van der Waals surface area contributed by atoms with E-state index < -0.39 is 7.12 Å². The lowest BCUT2D eigenvalue weighted by atomic mass is 9.84. The second kappa shape index (κ2) is 3.59. The Morgan fingerprint density at radius 1 is 1.06 bits per heavy atom. The molecule has 0 spiro atoms. The third-order valence-corrected chi connectivity index (χ3v) is 3.93. The highest BCUT2D eigenvalue weighted by Crippen LogP contribution is 2.36. The summed E-state index contributed by atoms with van der Waals surface area (Å²) < 4.78 is 12.0. The van der Waals surface area contributed by atoms with Gasteiger partial charge in [0, 0.05) is 11.6 Å². The number of aromatic amines is 1. The van der Waals surface area contributed by atoms with E-state index in [2.05, 4.69) is 9.97 Å². The van der Waals surface area contributed by atoms with Gasteiger partial charge in [0.2, 0.25) is 0 Å². The summed E-state index contributed by atoms with van der Waals surface area (Å²) in [5.74, 6) is 0. The van der Waals surface area contributed by atoms with E-state index in [1.807, 2.05) is 52.1 Å². The molecule has 0 saturated carbocycles. The Morgan fingerprint density at radius 3 is 2.39 bits per heavy atom. The van der Waals surface area contributed by atoms with Crippen LogP contribution in [-0.2, 0) is 9.31 Å². The third-order valence-electron chi connectivity index (χ3n) is 3.93.